The highest BCUT2D eigenvalue weighted by atomic mass is 127. The minimum atomic E-state index is 0. The van der Waals surface area contributed by atoms with Crippen LogP contribution in [0.5, 0.6) is 0 Å². The second-order valence-corrected chi connectivity index (χ2v) is 6.75. The van der Waals surface area contributed by atoms with E-state index < -0.39 is 0 Å². The molecular weight excluding hydrogens is 401 g/mol. The summed E-state index contributed by atoms with van der Waals surface area (Å²) >= 11 is 3.87. The van der Waals surface area contributed by atoms with Crippen LogP contribution < -0.4 is 5.73 Å². The zero-order valence-electron chi connectivity index (χ0n) is 11.5. The summed E-state index contributed by atoms with van der Waals surface area (Å²) in [5.41, 5.74) is 6.00. The number of hydrogen-bond donors (Lipinski definition) is 1. The molecule has 112 valence electrons. The van der Waals surface area contributed by atoms with Crippen LogP contribution in [-0.2, 0) is 0 Å². The van der Waals surface area contributed by atoms with Crippen LogP contribution in [0.3, 0.4) is 0 Å². The summed E-state index contributed by atoms with van der Waals surface area (Å²) in [6.07, 6.45) is 1.07. The molecule has 2 rings (SSSR count). The first-order chi connectivity index (χ1) is 9.36. The standard InChI is InChI=1S/C14H21N3S2.HI/c15-14(17-8-11-18-12-9-17)16-7-4-10-19-13-5-2-1-3-6-13;/h1-3,5-6H,4,7-12H2,(H2,15,16);1H. The number of nitrogens with zero attached hydrogens (tertiary/aromatic N) is 2. The summed E-state index contributed by atoms with van der Waals surface area (Å²) in [5.74, 6) is 4.15. The number of guanidine groups is 1. The first kappa shape index (κ1) is 18.0. The van der Waals surface area contributed by atoms with Crippen molar-refractivity contribution in [1.29, 1.82) is 0 Å². The third-order valence-electron chi connectivity index (χ3n) is 2.92. The lowest BCUT2D eigenvalue weighted by Gasteiger charge is -2.27. The molecule has 20 heavy (non-hydrogen) atoms. The van der Waals surface area contributed by atoms with Crippen molar-refractivity contribution in [2.75, 3.05) is 36.9 Å². The molecule has 0 bridgehead atoms. The van der Waals surface area contributed by atoms with Gasteiger partial charge in [0.15, 0.2) is 5.96 Å². The van der Waals surface area contributed by atoms with Gasteiger partial charge in [-0.2, -0.15) is 11.8 Å². The molecule has 1 aliphatic rings. The summed E-state index contributed by atoms with van der Waals surface area (Å²) < 4.78 is 0. The molecule has 0 aliphatic carbocycles. The third kappa shape index (κ3) is 6.58. The Morgan fingerprint density at radius 3 is 2.65 bits per heavy atom. The summed E-state index contributed by atoms with van der Waals surface area (Å²) in [4.78, 5) is 8.00. The zero-order chi connectivity index (χ0) is 13.3. The molecular formula is C14H22IN3S2. The summed E-state index contributed by atoms with van der Waals surface area (Å²) in [7, 11) is 0. The monoisotopic (exact) mass is 423 g/mol. The van der Waals surface area contributed by atoms with Crippen LogP contribution >= 0.6 is 47.5 Å². The molecule has 0 spiro atoms. The van der Waals surface area contributed by atoms with Gasteiger partial charge in [-0.3, -0.25) is 4.99 Å². The maximum Gasteiger partial charge on any atom is 0.191 e. The van der Waals surface area contributed by atoms with E-state index in [4.69, 9.17) is 5.73 Å². The van der Waals surface area contributed by atoms with Crippen molar-refractivity contribution in [2.24, 2.45) is 10.7 Å². The maximum absolute atomic E-state index is 6.00. The van der Waals surface area contributed by atoms with E-state index in [1.165, 1.54) is 16.4 Å². The molecule has 1 saturated heterocycles. The molecule has 0 radical (unpaired) electrons. The van der Waals surface area contributed by atoms with Gasteiger partial charge >= 0.3 is 0 Å². The Bertz CT molecular complexity index is 395. The van der Waals surface area contributed by atoms with Crippen molar-refractivity contribution in [1.82, 2.24) is 4.90 Å². The molecule has 0 amide bonds. The largest absolute Gasteiger partial charge is 0.370 e. The Labute approximate surface area is 147 Å². The summed E-state index contributed by atoms with van der Waals surface area (Å²) in [5, 5.41) is 0. The fraction of sp³-hybridized carbons (Fsp3) is 0.500. The van der Waals surface area contributed by atoms with Crippen molar-refractivity contribution in [3.05, 3.63) is 30.3 Å². The van der Waals surface area contributed by atoms with Crippen molar-refractivity contribution in [3.63, 3.8) is 0 Å². The van der Waals surface area contributed by atoms with Crippen LogP contribution in [-0.4, -0.2) is 47.8 Å². The second-order valence-electron chi connectivity index (χ2n) is 4.35. The zero-order valence-corrected chi connectivity index (χ0v) is 15.5. The lowest BCUT2D eigenvalue weighted by atomic mass is 10.4. The molecule has 0 saturated carbocycles. The van der Waals surface area contributed by atoms with E-state index in [9.17, 15) is 0 Å². The van der Waals surface area contributed by atoms with Gasteiger partial charge in [0.2, 0.25) is 0 Å². The topological polar surface area (TPSA) is 41.6 Å². The van der Waals surface area contributed by atoms with Crippen molar-refractivity contribution in [2.45, 2.75) is 11.3 Å². The van der Waals surface area contributed by atoms with Crippen LogP contribution in [0.4, 0.5) is 0 Å². The average Bonchev–Trinajstić information content (AvgIpc) is 2.49. The van der Waals surface area contributed by atoms with Crippen LogP contribution in [0.15, 0.2) is 40.2 Å². The molecule has 0 aromatic heterocycles. The fourth-order valence-corrected chi connectivity index (χ4v) is 3.62. The Balaban J connectivity index is 0.00000200. The number of rotatable bonds is 5. The van der Waals surface area contributed by atoms with Gasteiger partial charge in [0.1, 0.15) is 0 Å². The number of thioether (sulfide) groups is 2. The fourth-order valence-electron chi connectivity index (χ4n) is 1.86. The van der Waals surface area contributed by atoms with Crippen LogP contribution in [0.2, 0.25) is 0 Å². The van der Waals surface area contributed by atoms with Gasteiger partial charge in [0.05, 0.1) is 0 Å². The van der Waals surface area contributed by atoms with Crippen molar-refractivity contribution in [3.8, 4) is 0 Å². The van der Waals surface area contributed by atoms with Crippen LogP contribution in [0, 0.1) is 0 Å². The van der Waals surface area contributed by atoms with Gasteiger partial charge in [0.25, 0.3) is 0 Å². The molecule has 1 aliphatic heterocycles. The quantitative estimate of drug-likeness (QED) is 0.260. The minimum Gasteiger partial charge on any atom is -0.370 e. The molecule has 1 aromatic rings. The predicted molar refractivity (Wildman–Crippen MR) is 103 cm³/mol. The Morgan fingerprint density at radius 1 is 1.25 bits per heavy atom. The average molecular weight is 423 g/mol. The lowest BCUT2D eigenvalue weighted by Crippen LogP contribution is -2.42. The summed E-state index contributed by atoms with van der Waals surface area (Å²) in [6.45, 7) is 2.91. The molecule has 3 nitrogen and oxygen atoms in total. The first-order valence-electron chi connectivity index (χ1n) is 6.67. The highest BCUT2D eigenvalue weighted by Gasteiger charge is 2.11. The number of benzene rings is 1. The van der Waals surface area contributed by atoms with Gasteiger partial charge in [-0.15, -0.1) is 35.7 Å². The molecule has 6 heteroatoms. The van der Waals surface area contributed by atoms with E-state index in [0.717, 1.165) is 37.8 Å². The first-order valence-corrected chi connectivity index (χ1v) is 8.81. The van der Waals surface area contributed by atoms with E-state index in [1.54, 1.807) is 0 Å². The Hall–Kier alpha value is -0.0800. The van der Waals surface area contributed by atoms with E-state index >= 15 is 0 Å². The lowest BCUT2D eigenvalue weighted by molar-refractivity contribution is 0.456. The van der Waals surface area contributed by atoms with E-state index in [1.807, 2.05) is 29.6 Å². The minimum absolute atomic E-state index is 0. The van der Waals surface area contributed by atoms with Gasteiger partial charge in [-0.05, 0) is 24.3 Å². The van der Waals surface area contributed by atoms with Crippen LogP contribution in [0.25, 0.3) is 0 Å². The van der Waals surface area contributed by atoms with Gasteiger partial charge < -0.3 is 10.6 Å². The van der Waals surface area contributed by atoms with Crippen molar-refractivity contribution >= 4 is 53.5 Å². The molecule has 1 fully saturated rings. The van der Waals surface area contributed by atoms with Gasteiger partial charge in [0, 0.05) is 36.0 Å². The molecule has 2 N–H and O–H groups in total. The van der Waals surface area contributed by atoms with E-state index in [-0.39, 0.29) is 24.0 Å². The molecule has 1 heterocycles. The smallest absolute Gasteiger partial charge is 0.191 e. The van der Waals surface area contributed by atoms with Gasteiger partial charge in [-0.25, -0.2) is 0 Å². The maximum atomic E-state index is 6.00. The Kier molecular flexibility index (Phi) is 9.54. The molecule has 0 unspecified atom stereocenters. The molecule has 0 atom stereocenters. The Morgan fingerprint density at radius 2 is 1.95 bits per heavy atom. The third-order valence-corrected chi connectivity index (χ3v) is 4.96. The molecule has 1 aromatic carbocycles. The van der Waals surface area contributed by atoms with Crippen molar-refractivity contribution < 1.29 is 0 Å². The predicted octanol–water partition coefficient (Wildman–Crippen LogP) is 3.15. The highest BCUT2D eigenvalue weighted by Crippen LogP contribution is 2.17. The number of nitrogens with two attached hydrogens (primary N) is 1. The van der Waals surface area contributed by atoms with Gasteiger partial charge in [-0.1, -0.05) is 18.2 Å². The second kappa shape index (κ2) is 10.6. The SMILES string of the molecule is I.NC(=NCCCSc1ccccc1)N1CCSCC1. The van der Waals surface area contributed by atoms with E-state index in [2.05, 4.69) is 34.2 Å². The normalized spacial score (nSPS) is 15.8. The van der Waals surface area contributed by atoms with Crippen LogP contribution in [0.1, 0.15) is 6.42 Å². The highest BCUT2D eigenvalue weighted by molar-refractivity contribution is 14.0. The van der Waals surface area contributed by atoms with E-state index in [0.29, 0.717) is 0 Å². The summed E-state index contributed by atoms with van der Waals surface area (Å²) in [6, 6.07) is 10.5. The number of aliphatic imine (C=N–C) groups is 1. The number of halogens is 1. The number of hydrogen-bond acceptors (Lipinski definition) is 3.